The van der Waals surface area contributed by atoms with Crippen molar-refractivity contribution in [3.63, 3.8) is 0 Å². The van der Waals surface area contributed by atoms with Crippen LogP contribution in [-0.2, 0) is 11.2 Å². The van der Waals surface area contributed by atoms with Crippen LogP contribution in [0.2, 0.25) is 0 Å². The summed E-state index contributed by atoms with van der Waals surface area (Å²) in [6, 6.07) is 8.77. The maximum atomic E-state index is 6.11. The van der Waals surface area contributed by atoms with Gasteiger partial charge in [0.1, 0.15) is 0 Å². The molecule has 1 aromatic rings. The summed E-state index contributed by atoms with van der Waals surface area (Å²) in [5, 5.41) is 3.56. The predicted octanol–water partition coefficient (Wildman–Crippen LogP) is 3.72. The fraction of sp³-hybridized carbons (Fsp3) is 0.647. The molecule has 1 aliphatic heterocycles. The smallest absolute Gasteiger partial charge is 0.0867 e. The van der Waals surface area contributed by atoms with E-state index in [9.17, 15) is 0 Å². The predicted molar refractivity (Wildman–Crippen MR) is 80.4 cm³/mol. The van der Waals surface area contributed by atoms with E-state index in [4.69, 9.17) is 4.74 Å². The summed E-state index contributed by atoms with van der Waals surface area (Å²) in [7, 11) is 0. The molecular weight excluding hydrogens is 234 g/mol. The highest BCUT2D eigenvalue weighted by Crippen LogP contribution is 2.35. The van der Waals surface area contributed by atoms with Gasteiger partial charge < -0.3 is 10.1 Å². The Morgan fingerprint density at radius 2 is 2.11 bits per heavy atom. The Morgan fingerprint density at radius 3 is 2.89 bits per heavy atom. The van der Waals surface area contributed by atoms with Gasteiger partial charge in [0.05, 0.1) is 6.10 Å². The van der Waals surface area contributed by atoms with Crippen molar-refractivity contribution in [3.8, 4) is 0 Å². The second kappa shape index (κ2) is 7.66. The molecular formula is C17H27NO. The molecule has 19 heavy (non-hydrogen) atoms. The molecule has 0 saturated carbocycles. The molecule has 106 valence electrons. The van der Waals surface area contributed by atoms with Gasteiger partial charge in [0.25, 0.3) is 0 Å². The molecule has 2 unspecified atom stereocenters. The lowest BCUT2D eigenvalue weighted by atomic mass is 9.86. The quantitative estimate of drug-likeness (QED) is 0.788. The van der Waals surface area contributed by atoms with Crippen molar-refractivity contribution >= 4 is 0 Å². The van der Waals surface area contributed by atoms with Gasteiger partial charge >= 0.3 is 0 Å². The van der Waals surface area contributed by atoms with Crippen molar-refractivity contribution in [1.82, 2.24) is 5.32 Å². The Bertz CT molecular complexity index is 377. The standard InChI is InChI=1S/C17H27NO/c1-3-11-18-13-15-9-7-12-19-17(15)16-10-6-5-8-14(16)4-2/h5-6,8,10,15,17-18H,3-4,7,9,11-13H2,1-2H3. The normalized spacial score (nSPS) is 23.5. The van der Waals surface area contributed by atoms with E-state index in [-0.39, 0.29) is 6.10 Å². The fourth-order valence-electron chi connectivity index (χ4n) is 2.99. The van der Waals surface area contributed by atoms with Crippen molar-refractivity contribution in [2.24, 2.45) is 5.92 Å². The summed E-state index contributed by atoms with van der Waals surface area (Å²) in [5.74, 6) is 0.619. The Morgan fingerprint density at radius 1 is 1.26 bits per heavy atom. The summed E-state index contributed by atoms with van der Waals surface area (Å²) < 4.78 is 6.11. The first-order chi connectivity index (χ1) is 9.36. The summed E-state index contributed by atoms with van der Waals surface area (Å²) in [6.07, 6.45) is 5.05. The van der Waals surface area contributed by atoms with E-state index in [2.05, 4.69) is 43.4 Å². The first-order valence-corrected chi connectivity index (χ1v) is 7.77. The first kappa shape index (κ1) is 14.5. The zero-order valence-corrected chi connectivity index (χ0v) is 12.3. The number of rotatable bonds is 6. The average Bonchev–Trinajstić information content (AvgIpc) is 2.48. The second-order valence-corrected chi connectivity index (χ2v) is 5.45. The molecule has 0 spiro atoms. The number of aryl methyl sites for hydroxylation is 1. The van der Waals surface area contributed by atoms with Gasteiger partial charge in [-0.05, 0) is 43.4 Å². The van der Waals surface area contributed by atoms with Gasteiger partial charge in [-0.25, -0.2) is 0 Å². The number of ether oxygens (including phenoxy) is 1. The van der Waals surface area contributed by atoms with E-state index < -0.39 is 0 Å². The van der Waals surface area contributed by atoms with Gasteiger partial charge in [0, 0.05) is 19.1 Å². The third-order valence-corrected chi connectivity index (χ3v) is 4.02. The minimum absolute atomic E-state index is 0.286. The van der Waals surface area contributed by atoms with Crippen LogP contribution in [0.3, 0.4) is 0 Å². The van der Waals surface area contributed by atoms with Gasteiger partial charge in [-0.2, -0.15) is 0 Å². The summed E-state index contributed by atoms with van der Waals surface area (Å²) in [6.45, 7) is 7.54. The van der Waals surface area contributed by atoms with E-state index >= 15 is 0 Å². The third kappa shape index (κ3) is 3.80. The van der Waals surface area contributed by atoms with Gasteiger partial charge in [-0.1, -0.05) is 38.1 Å². The molecule has 1 saturated heterocycles. The largest absolute Gasteiger partial charge is 0.373 e. The minimum atomic E-state index is 0.286. The molecule has 2 rings (SSSR count). The molecule has 0 radical (unpaired) electrons. The lowest BCUT2D eigenvalue weighted by Gasteiger charge is -2.33. The highest BCUT2D eigenvalue weighted by molar-refractivity contribution is 5.30. The van der Waals surface area contributed by atoms with Gasteiger partial charge in [-0.15, -0.1) is 0 Å². The van der Waals surface area contributed by atoms with Gasteiger partial charge in [-0.3, -0.25) is 0 Å². The lowest BCUT2D eigenvalue weighted by Crippen LogP contribution is -2.32. The molecule has 2 heteroatoms. The molecule has 2 atom stereocenters. The maximum Gasteiger partial charge on any atom is 0.0867 e. The maximum absolute atomic E-state index is 6.11. The second-order valence-electron chi connectivity index (χ2n) is 5.45. The Balaban J connectivity index is 2.09. The highest BCUT2D eigenvalue weighted by Gasteiger charge is 2.28. The SMILES string of the molecule is CCCNCC1CCCOC1c1ccccc1CC. The van der Waals surface area contributed by atoms with Crippen molar-refractivity contribution < 1.29 is 4.74 Å². The van der Waals surface area contributed by atoms with Crippen LogP contribution in [-0.4, -0.2) is 19.7 Å². The summed E-state index contributed by atoms with van der Waals surface area (Å²) >= 11 is 0. The van der Waals surface area contributed by atoms with Crippen LogP contribution in [0.15, 0.2) is 24.3 Å². The molecule has 1 aromatic carbocycles. The van der Waals surface area contributed by atoms with Crippen molar-refractivity contribution in [3.05, 3.63) is 35.4 Å². The van der Waals surface area contributed by atoms with Crippen LogP contribution in [0.25, 0.3) is 0 Å². The van der Waals surface area contributed by atoms with Crippen LogP contribution in [0, 0.1) is 5.92 Å². The zero-order valence-electron chi connectivity index (χ0n) is 12.3. The van der Waals surface area contributed by atoms with E-state index in [1.54, 1.807) is 0 Å². The van der Waals surface area contributed by atoms with E-state index in [1.807, 2.05) is 0 Å². The molecule has 1 heterocycles. The van der Waals surface area contributed by atoms with Crippen molar-refractivity contribution in [2.75, 3.05) is 19.7 Å². The Kier molecular flexibility index (Phi) is 5.87. The van der Waals surface area contributed by atoms with Crippen molar-refractivity contribution in [2.45, 2.75) is 45.6 Å². The number of benzene rings is 1. The Labute approximate surface area is 117 Å². The topological polar surface area (TPSA) is 21.3 Å². The summed E-state index contributed by atoms with van der Waals surface area (Å²) in [5.41, 5.74) is 2.85. The molecule has 0 aliphatic carbocycles. The van der Waals surface area contributed by atoms with Gasteiger partial charge in [0.2, 0.25) is 0 Å². The number of nitrogens with one attached hydrogen (secondary N) is 1. The van der Waals surface area contributed by atoms with Crippen LogP contribution < -0.4 is 5.32 Å². The fourth-order valence-corrected chi connectivity index (χ4v) is 2.99. The van der Waals surface area contributed by atoms with E-state index in [1.165, 1.54) is 30.4 Å². The highest BCUT2D eigenvalue weighted by atomic mass is 16.5. The van der Waals surface area contributed by atoms with Crippen molar-refractivity contribution in [1.29, 1.82) is 0 Å². The third-order valence-electron chi connectivity index (χ3n) is 4.02. The number of hydrogen-bond donors (Lipinski definition) is 1. The van der Waals surface area contributed by atoms with E-state index in [0.29, 0.717) is 5.92 Å². The molecule has 1 N–H and O–H groups in total. The monoisotopic (exact) mass is 261 g/mol. The first-order valence-electron chi connectivity index (χ1n) is 7.77. The van der Waals surface area contributed by atoms with Crippen LogP contribution in [0.1, 0.15) is 50.3 Å². The lowest BCUT2D eigenvalue weighted by molar-refractivity contribution is -0.0281. The molecule has 0 aromatic heterocycles. The average molecular weight is 261 g/mol. The molecule has 2 nitrogen and oxygen atoms in total. The van der Waals surface area contributed by atoms with Crippen LogP contribution in [0.4, 0.5) is 0 Å². The number of hydrogen-bond acceptors (Lipinski definition) is 2. The zero-order chi connectivity index (χ0) is 13.5. The molecule has 1 fully saturated rings. The minimum Gasteiger partial charge on any atom is -0.373 e. The van der Waals surface area contributed by atoms with Crippen LogP contribution >= 0.6 is 0 Å². The van der Waals surface area contributed by atoms with Gasteiger partial charge in [0.15, 0.2) is 0 Å². The Hall–Kier alpha value is -0.860. The molecule has 0 amide bonds. The van der Waals surface area contributed by atoms with E-state index in [0.717, 1.165) is 26.1 Å². The van der Waals surface area contributed by atoms with Crippen LogP contribution in [0.5, 0.6) is 0 Å². The molecule has 1 aliphatic rings. The summed E-state index contributed by atoms with van der Waals surface area (Å²) in [4.78, 5) is 0. The molecule has 0 bridgehead atoms.